The van der Waals surface area contributed by atoms with Crippen LogP contribution in [0, 0.1) is 11.6 Å². The van der Waals surface area contributed by atoms with Crippen LogP contribution in [0.5, 0.6) is 0 Å². The molecule has 0 atom stereocenters. The number of carbonyl (C=O) groups excluding carboxylic acids is 1. The van der Waals surface area contributed by atoms with Gasteiger partial charge in [-0.15, -0.1) is 0 Å². The van der Waals surface area contributed by atoms with Gasteiger partial charge in [0.15, 0.2) is 0 Å². The van der Waals surface area contributed by atoms with Gasteiger partial charge in [0.2, 0.25) is 0 Å². The predicted octanol–water partition coefficient (Wildman–Crippen LogP) is 4.45. The summed E-state index contributed by atoms with van der Waals surface area (Å²) in [6.07, 6.45) is 2.06. The van der Waals surface area contributed by atoms with Crippen molar-refractivity contribution < 1.29 is 13.6 Å². The number of carbonyl (C=O) groups is 1. The molecule has 1 aliphatic rings. The van der Waals surface area contributed by atoms with E-state index in [0.29, 0.717) is 18.0 Å². The molecular formula is C22H20F2N2O2. The Labute approximate surface area is 161 Å². The quantitative estimate of drug-likeness (QED) is 0.669. The number of fused-ring (bicyclic) bond motifs is 1. The zero-order valence-corrected chi connectivity index (χ0v) is 15.7. The number of pyridine rings is 1. The number of hydrogen-bond acceptors (Lipinski definition) is 2. The molecule has 1 fully saturated rings. The van der Waals surface area contributed by atoms with E-state index in [2.05, 4.69) is 0 Å². The minimum absolute atomic E-state index is 0.00689. The van der Waals surface area contributed by atoms with E-state index < -0.39 is 17.5 Å². The zero-order valence-electron chi connectivity index (χ0n) is 15.7. The van der Waals surface area contributed by atoms with Crippen LogP contribution in [0.15, 0.2) is 47.3 Å². The highest BCUT2D eigenvalue weighted by molar-refractivity contribution is 6.07. The standard InChI is InChI=1S/C22H20F2N2O2/c1-3-26-19-8-6-14(10-17(19)16(12-21(26)27)13-4-5-13)22(28)25(2)20-9-7-15(23)11-18(20)24/h6-13H,3-5H2,1-2H3. The smallest absolute Gasteiger partial charge is 0.258 e. The molecule has 2 aromatic carbocycles. The molecule has 0 bridgehead atoms. The fourth-order valence-electron chi connectivity index (χ4n) is 3.66. The average Bonchev–Trinajstić information content (AvgIpc) is 3.51. The number of rotatable bonds is 4. The van der Waals surface area contributed by atoms with E-state index in [-0.39, 0.29) is 11.2 Å². The lowest BCUT2D eigenvalue weighted by Crippen LogP contribution is -2.27. The fourth-order valence-corrected chi connectivity index (χ4v) is 3.66. The molecule has 0 saturated heterocycles. The second kappa shape index (κ2) is 6.86. The Morgan fingerprint density at radius 3 is 2.54 bits per heavy atom. The Bertz CT molecular complexity index is 1150. The van der Waals surface area contributed by atoms with E-state index >= 15 is 0 Å². The van der Waals surface area contributed by atoms with Gasteiger partial charge in [0.1, 0.15) is 11.6 Å². The van der Waals surface area contributed by atoms with Crippen molar-refractivity contribution in [1.82, 2.24) is 4.57 Å². The van der Waals surface area contributed by atoms with Crippen LogP contribution in [-0.2, 0) is 6.54 Å². The molecule has 0 unspecified atom stereocenters. The summed E-state index contributed by atoms with van der Waals surface area (Å²) < 4.78 is 28.9. The molecule has 144 valence electrons. The van der Waals surface area contributed by atoms with Crippen molar-refractivity contribution in [2.45, 2.75) is 32.2 Å². The lowest BCUT2D eigenvalue weighted by Gasteiger charge is -2.19. The van der Waals surface area contributed by atoms with Crippen molar-refractivity contribution in [3.63, 3.8) is 0 Å². The van der Waals surface area contributed by atoms with Crippen molar-refractivity contribution >= 4 is 22.5 Å². The first-order valence-corrected chi connectivity index (χ1v) is 9.31. The highest BCUT2D eigenvalue weighted by Crippen LogP contribution is 2.42. The molecular weight excluding hydrogens is 362 g/mol. The Kier molecular flexibility index (Phi) is 4.49. The lowest BCUT2D eigenvalue weighted by atomic mass is 10.0. The normalized spacial score (nSPS) is 13.7. The third-order valence-electron chi connectivity index (χ3n) is 5.30. The van der Waals surface area contributed by atoms with Crippen molar-refractivity contribution in [3.8, 4) is 0 Å². The molecule has 1 aromatic heterocycles. The monoisotopic (exact) mass is 382 g/mol. The number of benzene rings is 2. The van der Waals surface area contributed by atoms with Crippen LogP contribution >= 0.6 is 0 Å². The van der Waals surface area contributed by atoms with E-state index in [0.717, 1.165) is 41.4 Å². The minimum atomic E-state index is -0.796. The molecule has 28 heavy (non-hydrogen) atoms. The number of aryl methyl sites for hydroxylation is 1. The zero-order chi connectivity index (χ0) is 20.0. The van der Waals surface area contributed by atoms with Crippen LogP contribution in [0.4, 0.5) is 14.5 Å². The van der Waals surface area contributed by atoms with E-state index in [1.54, 1.807) is 28.8 Å². The summed E-state index contributed by atoms with van der Waals surface area (Å²) >= 11 is 0. The fraction of sp³-hybridized carbons (Fsp3) is 0.273. The summed E-state index contributed by atoms with van der Waals surface area (Å²) in [6, 6.07) is 9.97. The minimum Gasteiger partial charge on any atom is -0.309 e. The Balaban J connectivity index is 1.80. The molecule has 0 spiro atoms. The second-order valence-corrected chi connectivity index (χ2v) is 7.15. The van der Waals surface area contributed by atoms with E-state index in [4.69, 9.17) is 0 Å². The molecule has 4 nitrogen and oxygen atoms in total. The lowest BCUT2D eigenvalue weighted by molar-refractivity contribution is 0.0992. The average molecular weight is 382 g/mol. The third-order valence-corrected chi connectivity index (χ3v) is 5.30. The number of nitrogens with zero attached hydrogens (tertiary/aromatic N) is 2. The van der Waals surface area contributed by atoms with Crippen LogP contribution in [0.25, 0.3) is 10.9 Å². The number of halogens is 2. The molecule has 4 rings (SSSR count). The largest absolute Gasteiger partial charge is 0.309 e. The third kappa shape index (κ3) is 3.09. The highest BCUT2D eigenvalue weighted by atomic mass is 19.1. The maximum Gasteiger partial charge on any atom is 0.258 e. The summed E-state index contributed by atoms with van der Waals surface area (Å²) in [4.78, 5) is 26.5. The summed E-state index contributed by atoms with van der Waals surface area (Å²) in [7, 11) is 1.46. The first kappa shape index (κ1) is 18.3. The molecule has 1 heterocycles. The van der Waals surface area contributed by atoms with Crippen LogP contribution in [0.2, 0.25) is 0 Å². The number of amides is 1. The predicted molar refractivity (Wildman–Crippen MR) is 105 cm³/mol. The molecule has 1 saturated carbocycles. The van der Waals surface area contributed by atoms with Gasteiger partial charge in [0.05, 0.1) is 11.2 Å². The van der Waals surface area contributed by atoms with Crippen LogP contribution < -0.4 is 10.5 Å². The van der Waals surface area contributed by atoms with Gasteiger partial charge in [-0.05, 0) is 61.6 Å². The van der Waals surface area contributed by atoms with Gasteiger partial charge in [-0.2, -0.15) is 0 Å². The summed E-state index contributed by atoms with van der Waals surface area (Å²) in [5, 5.41) is 0.878. The van der Waals surface area contributed by atoms with E-state index in [1.165, 1.54) is 18.0 Å². The van der Waals surface area contributed by atoms with E-state index in [9.17, 15) is 18.4 Å². The van der Waals surface area contributed by atoms with Crippen LogP contribution in [-0.4, -0.2) is 17.5 Å². The summed E-state index contributed by atoms with van der Waals surface area (Å²) in [5.41, 5.74) is 2.12. The summed E-state index contributed by atoms with van der Waals surface area (Å²) in [5.74, 6) is -1.54. The Hall–Kier alpha value is -3.02. The molecule has 1 aliphatic carbocycles. The summed E-state index contributed by atoms with van der Waals surface area (Å²) in [6.45, 7) is 2.44. The van der Waals surface area contributed by atoms with Crippen molar-refractivity contribution in [2.75, 3.05) is 11.9 Å². The van der Waals surface area contributed by atoms with Crippen molar-refractivity contribution in [2.24, 2.45) is 0 Å². The molecule has 3 aromatic rings. The molecule has 1 amide bonds. The van der Waals surface area contributed by atoms with Crippen molar-refractivity contribution in [1.29, 1.82) is 0 Å². The van der Waals surface area contributed by atoms with Crippen LogP contribution in [0.3, 0.4) is 0 Å². The molecule has 0 aliphatic heterocycles. The topological polar surface area (TPSA) is 42.3 Å². The first-order valence-electron chi connectivity index (χ1n) is 9.31. The van der Waals surface area contributed by atoms with E-state index in [1.807, 2.05) is 6.92 Å². The van der Waals surface area contributed by atoms with Gasteiger partial charge in [0, 0.05) is 36.7 Å². The van der Waals surface area contributed by atoms with Gasteiger partial charge >= 0.3 is 0 Å². The Morgan fingerprint density at radius 2 is 1.89 bits per heavy atom. The molecule has 0 N–H and O–H groups in total. The number of aromatic nitrogens is 1. The van der Waals surface area contributed by atoms with Gasteiger partial charge in [-0.1, -0.05) is 0 Å². The van der Waals surface area contributed by atoms with Gasteiger partial charge in [-0.25, -0.2) is 8.78 Å². The van der Waals surface area contributed by atoms with Gasteiger partial charge in [0.25, 0.3) is 11.5 Å². The highest BCUT2D eigenvalue weighted by Gasteiger charge is 2.27. The van der Waals surface area contributed by atoms with Crippen molar-refractivity contribution in [3.05, 3.63) is 75.6 Å². The maximum atomic E-state index is 14.1. The Morgan fingerprint density at radius 1 is 1.14 bits per heavy atom. The molecule has 0 radical (unpaired) electrons. The first-order chi connectivity index (χ1) is 13.4. The molecule has 6 heteroatoms. The van der Waals surface area contributed by atoms with Gasteiger partial charge < -0.3 is 9.47 Å². The number of anilines is 1. The van der Waals surface area contributed by atoms with Gasteiger partial charge in [-0.3, -0.25) is 9.59 Å². The maximum absolute atomic E-state index is 14.1. The SMILES string of the molecule is CCn1c(=O)cc(C2CC2)c2cc(C(=O)N(C)c3ccc(F)cc3F)ccc21. The van der Waals surface area contributed by atoms with Crippen LogP contribution in [0.1, 0.15) is 41.6 Å². The second-order valence-electron chi connectivity index (χ2n) is 7.15. The number of hydrogen-bond donors (Lipinski definition) is 0.